The Morgan fingerprint density at radius 1 is 1.33 bits per heavy atom. The number of nitrogens with two attached hydrogens (primary N) is 1. The maximum Gasteiger partial charge on any atom is 0.261 e. The second-order valence-corrected chi connectivity index (χ2v) is 6.36. The number of carbonyl (C=O) groups excluding carboxylic acids is 1. The Balaban J connectivity index is 1.82. The molecule has 0 aliphatic heterocycles. The molecule has 128 valence electrons. The van der Waals surface area contributed by atoms with Crippen LogP contribution in [-0.2, 0) is 10.3 Å². The topological polar surface area (TPSA) is 94.5 Å². The first-order chi connectivity index (χ1) is 11.5. The van der Waals surface area contributed by atoms with Gasteiger partial charge < -0.3 is 19.9 Å². The van der Waals surface area contributed by atoms with Gasteiger partial charge in [0.25, 0.3) is 11.8 Å². The van der Waals surface area contributed by atoms with E-state index < -0.39 is 5.54 Å². The third-order valence-electron chi connectivity index (χ3n) is 4.33. The van der Waals surface area contributed by atoms with Crippen molar-refractivity contribution in [2.45, 2.75) is 31.2 Å². The number of hydrogen-bond donors (Lipinski definition) is 1. The highest BCUT2D eigenvalue weighted by molar-refractivity contribution is 5.77. The molecule has 0 saturated heterocycles. The third kappa shape index (κ3) is 3.26. The summed E-state index contributed by atoms with van der Waals surface area (Å²) in [4.78, 5) is 17.7. The van der Waals surface area contributed by atoms with E-state index in [1.54, 1.807) is 20.2 Å². The van der Waals surface area contributed by atoms with Crippen molar-refractivity contribution in [3.8, 4) is 17.2 Å². The molecule has 1 aliphatic rings. The highest BCUT2D eigenvalue weighted by Gasteiger charge is 2.36. The fourth-order valence-electron chi connectivity index (χ4n) is 2.80. The van der Waals surface area contributed by atoms with Gasteiger partial charge in [0.05, 0.1) is 11.1 Å². The van der Waals surface area contributed by atoms with Crippen molar-refractivity contribution in [2.24, 2.45) is 5.73 Å². The van der Waals surface area contributed by atoms with Gasteiger partial charge in [-0.15, -0.1) is 0 Å². The van der Waals surface area contributed by atoms with Crippen LogP contribution in [0.4, 0.5) is 0 Å². The van der Waals surface area contributed by atoms with Crippen molar-refractivity contribution >= 4 is 5.91 Å². The van der Waals surface area contributed by atoms with Gasteiger partial charge in [0.15, 0.2) is 12.4 Å². The number of para-hydroxylation sites is 1. The van der Waals surface area contributed by atoms with Crippen molar-refractivity contribution in [1.82, 2.24) is 15.0 Å². The molecule has 2 aromatic rings. The molecule has 1 saturated carbocycles. The van der Waals surface area contributed by atoms with E-state index in [0.717, 1.165) is 25.7 Å². The summed E-state index contributed by atoms with van der Waals surface area (Å²) in [6.45, 7) is -0.0498. The number of aromatic nitrogens is 2. The SMILES string of the molecule is CN(C)C(=O)COc1ccccc1-c1nc(C2(N)CCCC2)no1. The van der Waals surface area contributed by atoms with Gasteiger partial charge in [-0.1, -0.05) is 30.1 Å². The smallest absolute Gasteiger partial charge is 0.261 e. The number of hydrogen-bond acceptors (Lipinski definition) is 6. The molecule has 1 fully saturated rings. The summed E-state index contributed by atoms with van der Waals surface area (Å²) in [5.74, 6) is 1.30. The van der Waals surface area contributed by atoms with Crippen molar-refractivity contribution in [1.29, 1.82) is 0 Å². The molecule has 0 atom stereocenters. The molecule has 0 unspecified atom stereocenters. The molecule has 1 amide bonds. The number of carbonyl (C=O) groups is 1. The summed E-state index contributed by atoms with van der Waals surface area (Å²) in [6.07, 6.45) is 3.88. The van der Waals surface area contributed by atoms with Crippen LogP contribution < -0.4 is 10.5 Å². The monoisotopic (exact) mass is 330 g/mol. The molecule has 7 heteroatoms. The van der Waals surface area contributed by atoms with Crippen LogP contribution in [0, 0.1) is 0 Å². The van der Waals surface area contributed by atoms with E-state index >= 15 is 0 Å². The van der Waals surface area contributed by atoms with Gasteiger partial charge in [0.1, 0.15) is 5.75 Å². The predicted molar refractivity (Wildman–Crippen MR) is 88.3 cm³/mol. The van der Waals surface area contributed by atoms with Crippen molar-refractivity contribution in [3.63, 3.8) is 0 Å². The first-order valence-electron chi connectivity index (χ1n) is 8.05. The van der Waals surface area contributed by atoms with Crippen LogP contribution in [0.25, 0.3) is 11.5 Å². The number of ether oxygens (including phenoxy) is 1. The molecule has 0 radical (unpaired) electrons. The Bertz CT molecular complexity index is 720. The minimum absolute atomic E-state index is 0.0498. The standard InChI is InChI=1S/C17H22N4O3/c1-21(2)14(22)11-23-13-8-4-3-7-12(13)15-19-16(20-24-15)17(18)9-5-6-10-17/h3-4,7-8H,5-6,9-11,18H2,1-2H3. The molecule has 1 aromatic carbocycles. The van der Waals surface area contributed by atoms with Crippen LogP contribution in [0.3, 0.4) is 0 Å². The maximum atomic E-state index is 11.7. The normalized spacial score (nSPS) is 16.1. The fraction of sp³-hybridized carbons (Fsp3) is 0.471. The van der Waals surface area contributed by atoms with Crippen molar-refractivity contribution < 1.29 is 14.1 Å². The summed E-state index contributed by atoms with van der Waals surface area (Å²) in [5, 5.41) is 4.07. The molecule has 7 nitrogen and oxygen atoms in total. The van der Waals surface area contributed by atoms with Crippen molar-refractivity contribution in [2.75, 3.05) is 20.7 Å². The Hall–Kier alpha value is -2.41. The Morgan fingerprint density at radius 2 is 2.04 bits per heavy atom. The van der Waals surface area contributed by atoms with Crippen LogP contribution in [-0.4, -0.2) is 41.6 Å². The molecular weight excluding hydrogens is 308 g/mol. The maximum absolute atomic E-state index is 11.7. The summed E-state index contributed by atoms with van der Waals surface area (Å²) >= 11 is 0. The zero-order valence-corrected chi connectivity index (χ0v) is 14.0. The van der Waals surface area contributed by atoms with E-state index in [2.05, 4.69) is 10.1 Å². The Labute approximate surface area is 140 Å². The van der Waals surface area contributed by atoms with E-state index in [1.165, 1.54) is 4.90 Å². The summed E-state index contributed by atoms with van der Waals surface area (Å²) in [6, 6.07) is 7.28. The lowest BCUT2D eigenvalue weighted by atomic mass is 9.99. The Morgan fingerprint density at radius 3 is 2.75 bits per heavy atom. The van der Waals surface area contributed by atoms with Gasteiger partial charge >= 0.3 is 0 Å². The summed E-state index contributed by atoms with van der Waals surface area (Å²) in [5.41, 5.74) is 6.53. The lowest BCUT2D eigenvalue weighted by Gasteiger charge is -2.17. The number of likely N-dealkylation sites (N-methyl/N-ethyl adjacent to an activating group) is 1. The predicted octanol–water partition coefficient (Wildman–Crippen LogP) is 1.93. The van der Waals surface area contributed by atoms with E-state index in [1.807, 2.05) is 18.2 Å². The van der Waals surface area contributed by atoms with Crippen LogP contribution >= 0.6 is 0 Å². The average Bonchev–Trinajstić information content (AvgIpc) is 3.22. The minimum atomic E-state index is -0.502. The Kier molecular flexibility index (Phi) is 4.53. The highest BCUT2D eigenvalue weighted by atomic mass is 16.5. The van der Waals surface area contributed by atoms with Gasteiger partial charge in [-0.25, -0.2) is 0 Å². The zero-order chi connectivity index (χ0) is 17.2. The summed E-state index contributed by atoms with van der Waals surface area (Å²) < 4.78 is 11.0. The highest BCUT2D eigenvalue weighted by Crippen LogP contribution is 2.36. The summed E-state index contributed by atoms with van der Waals surface area (Å²) in [7, 11) is 3.37. The lowest BCUT2D eigenvalue weighted by Crippen LogP contribution is -2.34. The van der Waals surface area contributed by atoms with Crippen LogP contribution in [0.5, 0.6) is 5.75 Å². The molecule has 0 bridgehead atoms. The van der Waals surface area contributed by atoms with Gasteiger partial charge in [0, 0.05) is 14.1 Å². The molecule has 1 aromatic heterocycles. The average molecular weight is 330 g/mol. The van der Waals surface area contributed by atoms with Crippen molar-refractivity contribution in [3.05, 3.63) is 30.1 Å². The van der Waals surface area contributed by atoms with E-state index in [4.69, 9.17) is 15.0 Å². The number of benzene rings is 1. The molecular formula is C17H22N4O3. The first kappa shape index (κ1) is 16.4. The van der Waals surface area contributed by atoms with Crippen LogP contribution in [0.2, 0.25) is 0 Å². The molecule has 0 spiro atoms. The third-order valence-corrected chi connectivity index (χ3v) is 4.33. The van der Waals surface area contributed by atoms with Gasteiger partial charge in [-0.2, -0.15) is 4.98 Å². The second kappa shape index (κ2) is 6.60. The largest absolute Gasteiger partial charge is 0.483 e. The molecule has 3 rings (SSSR count). The van der Waals surface area contributed by atoms with Gasteiger partial charge in [0.2, 0.25) is 0 Å². The number of rotatable bonds is 5. The number of nitrogens with zero attached hydrogens (tertiary/aromatic N) is 3. The van der Waals surface area contributed by atoms with Crippen LogP contribution in [0.1, 0.15) is 31.5 Å². The van der Waals surface area contributed by atoms with Gasteiger partial charge in [-0.3, -0.25) is 4.79 Å². The van der Waals surface area contributed by atoms with Gasteiger partial charge in [-0.05, 0) is 25.0 Å². The zero-order valence-electron chi connectivity index (χ0n) is 14.0. The molecule has 1 heterocycles. The quantitative estimate of drug-likeness (QED) is 0.900. The fourth-order valence-corrected chi connectivity index (χ4v) is 2.80. The number of amides is 1. The molecule has 2 N–H and O–H groups in total. The molecule has 1 aliphatic carbocycles. The van der Waals surface area contributed by atoms with Crippen LogP contribution in [0.15, 0.2) is 28.8 Å². The second-order valence-electron chi connectivity index (χ2n) is 6.36. The van der Waals surface area contributed by atoms with E-state index in [0.29, 0.717) is 23.0 Å². The lowest BCUT2D eigenvalue weighted by molar-refractivity contribution is -0.130. The van der Waals surface area contributed by atoms with E-state index in [9.17, 15) is 4.79 Å². The first-order valence-corrected chi connectivity index (χ1v) is 8.05. The minimum Gasteiger partial charge on any atom is -0.483 e. The van der Waals surface area contributed by atoms with E-state index in [-0.39, 0.29) is 12.5 Å². The molecule has 24 heavy (non-hydrogen) atoms.